The van der Waals surface area contributed by atoms with Gasteiger partial charge in [0.05, 0.1) is 12.2 Å². The number of carbonyl (C=O) groups excluding carboxylic acids is 1. The molecule has 0 aliphatic heterocycles. The Balaban J connectivity index is 2.17. The number of benzene rings is 1. The molecule has 1 aromatic carbocycles. The molecule has 5 nitrogen and oxygen atoms in total. The first-order valence-electron chi connectivity index (χ1n) is 6.69. The van der Waals surface area contributed by atoms with Crippen LogP contribution in [-0.2, 0) is 4.74 Å². The lowest BCUT2D eigenvalue weighted by Crippen LogP contribution is -2.05. The van der Waals surface area contributed by atoms with Gasteiger partial charge >= 0.3 is 5.97 Å². The van der Waals surface area contributed by atoms with Gasteiger partial charge in [-0.25, -0.2) is 9.78 Å². The number of nitrogens with zero attached hydrogens (tertiary/aromatic N) is 1. The molecule has 0 saturated carbocycles. The van der Waals surface area contributed by atoms with E-state index in [1.54, 1.807) is 25.1 Å². The van der Waals surface area contributed by atoms with Gasteiger partial charge in [0.2, 0.25) is 5.88 Å². The fourth-order valence-corrected chi connectivity index (χ4v) is 1.85. The Morgan fingerprint density at radius 1 is 1.24 bits per heavy atom. The van der Waals surface area contributed by atoms with Gasteiger partial charge < -0.3 is 15.2 Å². The van der Waals surface area contributed by atoms with Gasteiger partial charge in [-0.05, 0) is 38.0 Å². The molecule has 21 heavy (non-hydrogen) atoms. The van der Waals surface area contributed by atoms with E-state index < -0.39 is 5.97 Å². The van der Waals surface area contributed by atoms with Gasteiger partial charge in [-0.15, -0.1) is 0 Å². The monoisotopic (exact) mass is 286 g/mol. The largest absolute Gasteiger partial charge is 0.462 e. The Morgan fingerprint density at radius 2 is 2.00 bits per heavy atom. The normalized spacial score (nSPS) is 10.2. The SMILES string of the molecule is CCOC(=O)c1ccc(Oc2cc(N)c(C)cc2C)nc1. The molecule has 0 spiro atoms. The molecule has 0 fully saturated rings. The van der Waals surface area contributed by atoms with Crippen molar-refractivity contribution in [1.82, 2.24) is 4.98 Å². The lowest BCUT2D eigenvalue weighted by atomic mass is 10.1. The van der Waals surface area contributed by atoms with Crippen LogP contribution >= 0.6 is 0 Å². The zero-order valence-electron chi connectivity index (χ0n) is 12.3. The molecule has 2 aromatic rings. The maximum Gasteiger partial charge on any atom is 0.339 e. The molecule has 0 unspecified atom stereocenters. The van der Waals surface area contributed by atoms with Crippen LogP contribution in [0.4, 0.5) is 5.69 Å². The number of nitrogens with two attached hydrogens (primary N) is 1. The summed E-state index contributed by atoms with van der Waals surface area (Å²) in [7, 11) is 0. The fourth-order valence-electron chi connectivity index (χ4n) is 1.85. The first kappa shape index (κ1) is 14.8. The molecule has 0 saturated heterocycles. The van der Waals surface area contributed by atoms with Gasteiger partial charge in [0.1, 0.15) is 5.75 Å². The number of hydrogen-bond donors (Lipinski definition) is 1. The predicted molar refractivity (Wildman–Crippen MR) is 80.6 cm³/mol. The van der Waals surface area contributed by atoms with Crippen molar-refractivity contribution >= 4 is 11.7 Å². The zero-order chi connectivity index (χ0) is 15.4. The summed E-state index contributed by atoms with van der Waals surface area (Å²) < 4.78 is 10.6. The summed E-state index contributed by atoms with van der Waals surface area (Å²) >= 11 is 0. The average Bonchev–Trinajstić information content (AvgIpc) is 2.46. The Hall–Kier alpha value is -2.56. The first-order valence-corrected chi connectivity index (χ1v) is 6.69. The summed E-state index contributed by atoms with van der Waals surface area (Å²) in [5.74, 6) is 0.649. The third kappa shape index (κ3) is 3.51. The molecule has 110 valence electrons. The highest BCUT2D eigenvalue weighted by Crippen LogP contribution is 2.28. The number of aryl methyl sites for hydroxylation is 2. The highest BCUT2D eigenvalue weighted by molar-refractivity contribution is 5.89. The fraction of sp³-hybridized carbons (Fsp3) is 0.250. The van der Waals surface area contributed by atoms with Gasteiger partial charge in [0.15, 0.2) is 0 Å². The van der Waals surface area contributed by atoms with Crippen molar-refractivity contribution in [3.63, 3.8) is 0 Å². The van der Waals surface area contributed by atoms with E-state index in [-0.39, 0.29) is 0 Å². The summed E-state index contributed by atoms with van der Waals surface area (Å²) in [5, 5.41) is 0. The Bertz CT molecular complexity index is 651. The van der Waals surface area contributed by atoms with Crippen molar-refractivity contribution in [2.75, 3.05) is 12.3 Å². The van der Waals surface area contributed by atoms with E-state index >= 15 is 0 Å². The first-order chi connectivity index (χ1) is 10.0. The standard InChI is InChI=1S/C16H18N2O3/c1-4-20-16(19)12-5-6-15(18-9-12)21-14-8-13(17)10(2)7-11(14)3/h5-9H,4,17H2,1-3H3. The molecule has 5 heteroatoms. The van der Waals surface area contributed by atoms with Gasteiger partial charge in [-0.3, -0.25) is 0 Å². The molecule has 0 atom stereocenters. The van der Waals surface area contributed by atoms with Crippen LogP contribution < -0.4 is 10.5 Å². The summed E-state index contributed by atoms with van der Waals surface area (Å²) in [6, 6.07) is 6.97. The summed E-state index contributed by atoms with van der Waals surface area (Å²) in [4.78, 5) is 15.6. The minimum absolute atomic E-state index is 0.332. The van der Waals surface area contributed by atoms with Crippen molar-refractivity contribution in [3.05, 3.63) is 47.2 Å². The Morgan fingerprint density at radius 3 is 2.62 bits per heavy atom. The van der Waals surface area contributed by atoms with Crippen molar-refractivity contribution < 1.29 is 14.3 Å². The molecule has 1 heterocycles. The molecule has 0 aliphatic rings. The van der Waals surface area contributed by atoms with Gasteiger partial charge in [0.25, 0.3) is 0 Å². The molecule has 0 aliphatic carbocycles. The molecule has 2 rings (SSSR count). The second-order valence-electron chi connectivity index (χ2n) is 4.68. The summed E-state index contributed by atoms with van der Waals surface area (Å²) in [5.41, 5.74) is 8.91. The smallest absolute Gasteiger partial charge is 0.339 e. The number of esters is 1. The molecule has 0 radical (unpaired) electrons. The summed E-state index contributed by atoms with van der Waals surface area (Å²) in [6.45, 7) is 5.97. The highest BCUT2D eigenvalue weighted by atomic mass is 16.5. The topological polar surface area (TPSA) is 74.4 Å². The van der Waals surface area contributed by atoms with Crippen LogP contribution in [0.1, 0.15) is 28.4 Å². The molecule has 0 bridgehead atoms. The lowest BCUT2D eigenvalue weighted by Gasteiger charge is -2.10. The second-order valence-corrected chi connectivity index (χ2v) is 4.68. The van der Waals surface area contributed by atoms with Crippen molar-refractivity contribution in [1.29, 1.82) is 0 Å². The van der Waals surface area contributed by atoms with E-state index in [9.17, 15) is 4.79 Å². The van der Waals surface area contributed by atoms with Crippen molar-refractivity contribution in [2.24, 2.45) is 0 Å². The number of carbonyl (C=O) groups is 1. The molecular formula is C16H18N2O3. The number of rotatable bonds is 4. The highest BCUT2D eigenvalue weighted by Gasteiger charge is 2.09. The predicted octanol–water partition coefficient (Wildman–Crippen LogP) is 3.25. The molecule has 1 aromatic heterocycles. The average molecular weight is 286 g/mol. The second kappa shape index (κ2) is 6.26. The van der Waals surface area contributed by atoms with E-state index in [2.05, 4.69) is 4.98 Å². The van der Waals surface area contributed by atoms with E-state index in [4.69, 9.17) is 15.2 Å². The third-order valence-corrected chi connectivity index (χ3v) is 3.03. The van der Waals surface area contributed by atoms with Crippen LogP contribution in [-0.4, -0.2) is 17.6 Å². The maximum atomic E-state index is 11.5. The van der Waals surface area contributed by atoms with Gasteiger partial charge in [-0.2, -0.15) is 0 Å². The number of hydrogen-bond acceptors (Lipinski definition) is 5. The van der Waals surface area contributed by atoms with Gasteiger partial charge in [-0.1, -0.05) is 6.07 Å². The van der Waals surface area contributed by atoms with E-state index in [1.807, 2.05) is 19.9 Å². The van der Waals surface area contributed by atoms with Crippen LogP contribution in [0.5, 0.6) is 11.6 Å². The number of nitrogen functional groups attached to an aromatic ring is 1. The van der Waals surface area contributed by atoms with Crippen LogP contribution in [0.3, 0.4) is 0 Å². The van der Waals surface area contributed by atoms with Crippen molar-refractivity contribution in [2.45, 2.75) is 20.8 Å². The zero-order valence-corrected chi connectivity index (χ0v) is 12.3. The van der Waals surface area contributed by atoms with E-state index in [1.165, 1.54) is 6.20 Å². The number of aromatic nitrogens is 1. The van der Waals surface area contributed by atoms with Gasteiger partial charge in [0, 0.05) is 24.0 Å². The van der Waals surface area contributed by atoms with Crippen LogP contribution in [0, 0.1) is 13.8 Å². The van der Waals surface area contributed by atoms with Crippen molar-refractivity contribution in [3.8, 4) is 11.6 Å². The number of ether oxygens (including phenoxy) is 2. The van der Waals surface area contributed by atoms with Crippen LogP contribution in [0.15, 0.2) is 30.5 Å². The van der Waals surface area contributed by atoms with Crippen LogP contribution in [0.25, 0.3) is 0 Å². The van der Waals surface area contributed by atoms with Crippen LogP contribution in [0.2, 0.25) is 0 Å². The minimum atomic E-state index is -0.396. The minimum Gasteiger partial charge on any atom is -0.462 e. The van der Waals surface area contributed by atoms with E-state index in [0.717, 1.165) is 11.1 Å². The third-order valence-electron chi connectivity index (χ3n) is 3.03. The molecular weight excluding hydrogens is 268 g/mol. The Kier molecular flexibility index (Phi) is 4.42. The maximum absolute atomic E-state index is 11.5. The molecule has 0 amide bonds. The molecule has 2 N–H and O–H groups in total. The number of pyridine rings is 1. The Labute approximate surface area is 123 Å². The summed E-state index contributed by atoms with van der Waals surface area (Å²) in [6.07, 6.45) is 1.43. The lowest BCUT2D eigenvalue weighted by molar-refractivity contribution is 0.0526. The number of anilines is 1. The quantitative estimate of drug-likeness (QED) is 0.689. The van der Waals surface area contributed by atoms with E-state index in [0.29, 0.717) is 29.5 Å².